The van der Waals surface area contributed by atoms with E-state index in [-0.39, 0.29) is 6.54 Å². The lowest BCUT2D eigenvalue weighted by molar-refractivity contribution is -0.135. The smallest absolute Gasteiger partial charge is 0.317 e. The summed E-state index contributed by atoms with van der Waals surface area (Å²) in [6.07, 6.45) is 5.56. The van der Waals surface area contributed by atoms with Crippen LogP contribution in [0, 0.1) is 6.92 Å². The highest BCUT2D eigenvalue weighted by atomic mass is 16.4. The first-order valence-corrected chi connectivity index (χ1v) is 5.47. The Morgan fingerprint density at radius 3 is 2.62 bits per heavy atom. The molecule has 92 valence electrons. The summed E-state index contributed by atoms with van der Waals surface area (Å²) in [4.78, 5) is 16.9. The van der Waals surface area contributed by atoms with Crippen LogP contribution in [-0.4, -0.2) is 34.6 Å². The van der Waals surface area contributed by atoms with E-state index in [1.807, 2.05) is 13.1 Å². The second kappa shape index (κ2) is 8.91. The minimum absolute atomic E-state index is 0.0417. The van der Waals surface area contributed by atoms with E-state index in [0.29, 0.717) is 0 Å². The second-order valence-electron chi connectivity index (χ2n) is 3.52. The van der Waals surface area contributed by atoms with Crippen molar-refractivity contribution in [3.8, 4) is 0 Å². The highest BCUT2D eigenvalue weighted by Gasteiger charge is 1.93. The predicted octanol–water partition coefficient (Wildman–Crippen LogP) is 1.35. The molecule has 0 aliphatic carbocycles. The lowest BCUT2D eigenvalue weighted by atomic mass is 10.2. The van der Waals surface area contributed by atoms with Gasteiger partial charge in [0.2, 0.25) is 0 Å². The number of aryl methyl sites for hydroxylation is 2. The van der Waals surface area contributed by atoms with E-state index in [0.717, 1.165) is 12.2 Å². The van der Waals surface area contributed by atoms with Crippen molar-refractivity contribution in [3.63, 3.8) is 0 Å². The Balaban J connectivity index is 0.000000325. The first-order chi connectivity index (χ1) is 7.60. The minimum Gasteiger partial charge on any atom is -0.480 e. The van der Waals surface area contributed by atoms with E-state index in [2.05, 4.69) is 22.2 Å². The second-order valence-corrected chi connectivity index (χ2v) is 3.52. The third kappa shape index (κ3) is 7.99. The van der Waals surface area contributed by atoms with Crippen molar-refractivity contribution in [3.05, 3.63) is 17.7 Å². The van der Waals surface area contributed by atoms with Gasteiger partial charge in [0.1, 0.15) is 5.82 Å². The predicted molar refractivity (Wildman–Crippen MR) is 63.5 cm³/mol. The molecule has 0 spiro atoms. The van der Waals surface area contributed by atoms with E-state index in [1.54, 1.807) is 7.05 Å². The fourth-order valence-corrected chi connectivity index (χ4v) is 1.12. The Hall–Kier alpha value is -1.36. The molecular weight excluding hydrogens is 206 g/mol. The number of carboxylic acids is 1. The number of likely N-dealkylation sites (N-methyl/N-ethyl adjacent to an activating group) is 1. The fraction of sp³-hybridized carbons (Fsp3) is 0.636. The molecule has 1 heterocycles. The molecule has 0 aliphatic rings. The van der Waals surface area contributed by atoms with Crippen molar-refractivity contribution < 1.29 is 9.90 Å². The molecule has 0 amide bonds. The maximum Gasteiger partial charge on any atom is 0.317 e. The topological polar surface area (TPSA) is 78.0 Å². The van der Waals surface area contributed by atoms with Crippen LogP contribution in [0.3, 0.4) is 0 Å². The number of rotatable bonds is 5. The number of carbonyl (C=O) groups is 1. The molecular formula is C11H21N3O2. The SMILES string of the molecule is CCCCc1cnc(C)[nH]1.CNCC(=O)O. The number of hydrogen-bond donors (Lipinski definition) is 3. The lowest BCUT2D eigenvalue weighted by Crippen LogP contribution is -2.16. The lowest BCUT2D eigenvalue weighted by Gasteiger charge is -1.91. The molecule has 0 aliphatic heterocycles. The van der Waals surface area contributed by atoms with E-state index in [1.165, 1.54) is 18.5 Å². The van der Waals surface area contributed by atoms with Gasteiger partial charge in [0.25, 0.3) is 0 Å². The molecule has 0 radical (unpaired) electrons. The summed E-state index contributed by atoms with van der Waals surface area (Å²) in [5.74, 6) is 0.198. The van der Waals surface area contributed by atoms with E-state index in [4.69, 9.17) is 5.11 Å². The first kappa shape index (κ1) is 14.6. The third-order valence-electron chi connectivity index (χ3n) is 1.88. The molecule has 0 bridgehead atoms. The van der Waals surface area contributed by atoms with Crippen LogP contribution in [0.2, 0.25) is 0 Å². The Morgan fingerprint density at radius 2 is 2.31 bits per heavy atom. The van der Waals surface area contributed by atoms with Crippen LogP contribution >= 0.6 is 0 Å². The molecule has 0 saturated carbocycles. The molecule has 0 saturated heterocycles. The number of aromatic amines is 1. The van der Waals surface area contributed by atoms with Crippen LogP contribution in [0.4, 0.5) is 0 Å². The Labute approximate surface area is 96.3 Å². The van der Waals surface area contributed by atoms with Crippen molar-refractivity contribution in [2.75, 3.05) is 13.6 Å². The van der Waals surface area contributed by atoms with Gasteiger partial charge >= 0.3 is 5.97 Å². The normalized spacial score (nSPS) is 9.44. The highest BCUT2D eigenvalue weighted by Crippen LogP contribution is 2.01. The fourth-order valence-electron chi connectivity index (χ4n) is 1.12. The van der Waals surface area contributed by atoms with Gasteiger partial charge in [0, 0.05) is 11.9 Å². The van der Waals surface area contributed by atoms with Crippen LogP contribution < -0.4 is 5.32 Å². The van der Waals surface area contributed by atoms with Gasteiger partial charge in [-0.25, -0.2) is 4.98 Å². The number of unbranched alkanes of at least 4 members (excludes halogenated alkanes) is 1. The zero-order valence-electron chi connectivity index (χ0n) is 10.2. The average molecular weight is 227 g/mol. The molecule has 1 aromatic heterocycles. The molecule has 16 heavy (non-hydrogen) atoms. The number of hydrogen-bond acceptors (Lipinski definition) is 3. The number of nitrogens with one attached hydrogen (secondary N) is 2. The molecule has 0 unspecified atom stereocenters. The van der Waals surface area contributed by atoms with Gasteiger partial charge in [-0.05, 0) is 26.8 Å². The number of carboxylic acid groups (broad SMARTS) is 1. The van der Waals surface area contributed by atoms with Crippen LogP contribution in [0.15, 0.2) is 6.20 Å². The number of H-pyrrole nitrogens is 1. The van der Waals surface area contributed by atoms with E-state index >= 15 is 0 Å². The summed E-state index contributed by atoms with van der Waals surface area (Å²) in [5.41, 5.74) is 1.26. The Kier molecular flexibility index (Phi) is 8.15. The van der Waals surface area contributed by atoms with Gasteiger partial charge in [0.05, 0.1) is 6.54 Å². The maximum atomic E-state index is 9.54. The molecule has 5 nitrogen and oxygen atoms in total. The summed E-state index contributed by atoms with van der Waals surface area (Å²) in [5, 5.41) is 10.3. The molecule has 0 fully saturated rings. The van der Waals surface area contributed by atoms with Gasteiger partial charge in [-0.3, -0.25) is 4.79 Å². The Morgan fingerprint density at radius 1 is 1.62 bits per heavy atom. The van der Waals surface area contributed by atoms with Gasteiger partial charge in [-0.15, -0.1) is 0 Å². The van der Waals surface area contributed by atoms with Crippen LogP contribution in [0.5, 0.6) is 0 Å². The number of aromatic nitrogens is 2. The van der Waals surface area contributed by atoms with Crippen LogP contribution in [0.1, 0.15) is 31.3 Å². The third-order valence-corrected chi connectivity index (χ3v) is 1.88. The average Bonchev–Trinajstić information content (AvgIpc) is 2.62. The largest absolute Gasteiger partial charge is 0.480 e. The van der Waals surface area contributed by atoms with Crippen molar-refractivity contribution in [1.29, 1.82) is 0 Å². The van der Waals surface area contributed by atoms with Crippen LogP contribution in [-0.2, 0) is 11.2 Å². The summed E-state index contributed by atoms with van der Waals surface area (Å²) in [6, 6.07) is 0. The zero-order chi connectivity index (χ0) is 12.4. The molecule has 1 rings (SSSR count). The standard InChI is InChI=1S/C8H14N2.C3H7NO2/c1-3-4-5-8-6-9-7(2)10-8;1-4-2-3(5)6/h6H,3-5H2,1-2H3,(H,9,10);4H,2H2,1H3,(H,5,6). The summed E-state index contributed by atoms with van der Waals surface area (Å²) in [6.45, 7) is 4.22. The van der Waals surface area contributed by atoms with Gasteiger partial charge in [-0.1, -0.05) is 13.3 Å². The number of imidazole rings is 1. The Bertz CT molecular complexity index is 297. The zero-order valence-corrected chi connectivity index (χ0v) is 10.2. The molecule has 1 aromatic rings. The van der Waals surface area contributed by atoms with Crippen molar-refractivity contribution in [2.45, 2.75) is 33.1 Å². The number of aliphatic carboxylic acids is 1. The summed E-state index contributed by atoms with van der Waals surface area (Å²) < 4.78 is 0. The minimum atomic E-state index is -0.822. The molecule has 3 N–H and O–H groups in total. The molecule has 0 atom stereocenters. The van der Waals surface area contributed by atoms with Crippen molar-refractivity contribution in [1.82, 2.24) is 15.3 Å². The van der Waals surface area contributed by atoms with Gasteiger partial charge < -0.3 is 15.4 Å². The van der Waals surface area contributed by atoms with E-state index in [9.17, 15) is 4.79 Å². The first-order valence-electron chi connectivity index (χ1n) is 5.47. The molecule has 5 heteroatoms. The summed E-state index contributed by atoms with van der Waals surface area (Å²) in [7, 11) is 1.59. The monoisotopic (exact) mass is 227 g/mol. The van der Waals surface area contributed by atoms with E-state index < -0.39 is 5.97 Å². The maximum absolute atomic E-state index is 9.54. The quantitative estimate of drug-likeness (QED) is 0.709. The van der Waals surface area contributed by atoms with Gasteiger partial charge in [-0.2, -0.15) is 0 Å². The number of nitrogens with zero attached hydrogens (tertiary/aromatic N) is 1. The summed E-state index contributed by atoms with van der Waals surface area (Å²) >= 11 is 0. The molecule has 0 aromatic carbocycles. The van der Waals surface area contributed by atoms with Gasteiger partial charge in [0.15, 0.2) is 0 Å². The van der Waals surface area contributed by atoms with Crippen LogP contribution in [0.25, 0.3) is 0 Å². The van der Waals surface area contributed by atoms with Crippen molar-refractivity contribution in [2.24, 2.45) is 0 Å². The van der Waals surface area contributed by atoms with Crippen molar-refractivity contribution >= 4 is 5.97 Å². The highest BCUT2D eigenvalue weighted by molar-refractivity contribution is 5.68.